The van der Waals surface area contributed by atoms with E-state index in [0.29, 0.717) is 25.0 Å². The summed E-state index contributed by atoms with van der Waals surface area (Å²) in [6, 6.07) is 1.87. The van der Waals surface area contributed by atoms with Gasteiger partial charge in [0.05, 0.1) is 6.61 Å². The molecule has 1 N–H and O–H groups in total. The van der Waals surface area contributed by atoms with Crippen LogP contribution >= 0.6 is 0 Å². The maximum Gasteiger partial charge on any atom is 0.218 e. The van der Waals surface area contributed by atoms with Crippen LogP contribution in [0.25, 0.3) is 0 Å². The first-order valence-electron chi connectivity index (χ1n) is 8.39. The molecule has 1 heterocycles. The molecule has 0 radical (unpaired) electrons. The van der Waals surface area contributed by atoms with E-state index >= 15 is 0 Å². The highest BCUT2D eigenvalue weighted by Crippen LogP contribution is 2.16. The van der Waals surface area contributed by atoms with Crippen molar-refractivity contribution in [3.8, 4) is 5.88 Å². The van der Waals surface area contributed by atoms with Crippen LogP contribution < -0.4 is 10.1 Å². The molecule has 0 aliphatic rings. The molecule has 0 saturated heterocycles. The Kier molecular flexibility index (Phi) is 9.55. The molecule has 0 atom stereocenters. The number of hydrogen-bond donors (Lipinski definition) is 1. The predicted molar refractivity (Wildman–Crippen MR) is 90.6 cm³/mol. The topological polar surface area (TPSA) is 56.3 Å². The molecule has 0 fully saturated rings. The van der Waals surface area contributed by atoms with Gasteiger partial charge in [-0.2, -0.15) is 4.98 Å². The van der Waals surface area contributed by atoms with Crippen LogP contribution in [0.1, 0.15) is 52.3 Å². The second-order valence-electron chi connectivity index (χ2n) is 5.93. The monoisotopic (exact) mass is 309 g/mol. The highest BCUT2D eigenvalue weighted by Gasteiger charge is 2.07. The molecule has 0 saturated carbocycles. The minimum absolute atomic E-state index is 0.505. The first kappa shape index (κ1) is 18.7. The largest absolute Gasteiger partial charge is 0.475 e. The van der Waals surface area contributed by atoms with Crippen LogP contribution in [-0.4, -0.2) is 36.8 Å². The van der Waals surface area contributed by atoms with Crippen LogP contribution in [0.3, 0.4) is 0 Å². The summed E-state index contributed by atoms with van der Waals surface area (Å²) in [5.41, 5.74) is 0. The highest BCUT2D eigenvalue weighted by molar-refractivity contribution is 5.38. The molecular weight excluding hydrogens is 278 g/mol. The normalized spacial score (nSPS) is 11.0. The fraction of sp³-hybridized carbons (Fsp3) is 0.765. The summed E-state index contributed by atoms with van der Waals surface area (Å²) >= 11 is 0. The lowest BCUT2D eigenvalue weighted by Gasteiger charge is -2.12. The predicted octanol–water partition coefficient (Wildman–Crippen LogP) is 3.69. The van der Waals surface area contributed by atoms with E-state index in [-0.39, 0.29) is 0 Å². The van der Waals surface area contributed by atoms with Crippen LogP contribution in [0.5, 0.6) is 5.88 Å². The summed E-state index contributed by atoms with van der Waals surface area (Å²) in [5.74, 6) is 2.83. The molecule has 5 heteroatoms. The van der Waals surface area contributed by atoms with E-state index in [4.69, 9.17) is 9.47 Å². The number of aromatic nitrogens is 2. The molecular formula is C17H31N3O2. The van der Waals surface area contributed by atoms with Crippen molar-refractivity contribution < 1.29 is 9.47 Å². The van der Waals surface area contributed by atoms with Gasteiger partial charge < -0.3 is 14.8 Å². The Hall–Kier alpha value is -1.36. The number of hydrogen-bond acceptors (Lipinski definition) is 5. The Morgan fingerprint density at radius 2 is 1.95 bits per heavy atom. The van der Waals surface area contributed by atoms with Gasteiger partial charge in [0.15, 0.2) is 0 Å². The van der Waals surface area contributed by atoms with Gasteiger partial charge in [-0.05, 0) is 12.3 Å². The van der Waals surface area contributed by atoms with Crippen molar-refractivity contribution >= 4 is 5.82 Å². The molecule has 22 heavy (non-hydrogen) atoms. The van der Waals surface area contributed by atoms with Gasteiger partial charge in [0.1, 0.15) is 18.2 Å². The third-order valence-corrected chi connectivity index (χ3v) is 3.21. The van der Waals surface area contributed by atoms with Crippen molar-refractivity contribution in [3.05, 3.63) is 11.9 Å². The summed E-state index contributed by atoms with van der Waals surface area (Å²) in [4.78, 5) is 9.06. The fourth-order valence-corrected chi connectivity index (χ4v) is 2.09. The summed E-state index contributed by atoms with van der Waals surface area (Å²) in [6.07, 6.45) is 5.81. The molecule has 0 bridgehead atoms. The zero-order chi connectivity index (χ0) is 16.2. The zero-order valence-corrected chi connectivity index (χ0v) is 14.5. The average Bonchev–Trinajstić information content (AvgIpc) is 2.46. The molecule has 0 amide bonds. The lowest BCUT2D eigenvalue weighted by molar-refractivity contribution is 0.143. The van der Waals surface area contributed by atoms with Crippen molar-refractivity contribution in [2.75, 3.05) is 32.2 Å². The number of anilines is 1. The van der Waals surface area contributed by atoms with Crippen molar-refractivity contribution in [1.82, 2.24) is 9.97 Å². The molecule has 1 rings (SSSR count). The van der Waals surface area contributed by atoms with Gasteiger partial charge >= 0.3 is 0 Å². The number of unbranched alkanes of at least 4 members (excludes halogenated alkanes) is 3. The Morgan fingerprint density at radius 1 is 1.14 bits per heavy atom. The van der Waals surface area contributed by atoms with Gasteiger partial charge in [-0.1, -0.05) is 40.0 Å². The van der Waals surface area contributed by atoms with Gasteiger partial charge in [-0.15, -0.1) is 0 Å². The Balaban J connectivity index is 2.61. The summed E-state index contributed by atoms with van der Waals surface area (Å²) in [6.45, 7) is 8.56. The van der Waals surface area contributed by atoms with Crippen LogP contribution in [0.4, 0.5) is 5.82 Å². The van der Waals surface area contributed by atoms with Crippen molar-refractivity contribution in [2.45, 2.75) is 52.9 Å². The van der Waals surface area contributed by atoms with Crippen LogP contribution in [-0.2, 0) is 11.2 Å². The summed E-state index contributed by atoms with van der Waals surface area (Å²) in [5, 5.41) is 3.39. The molecule has 0 unspecified atom stereocenters. The lowest BCUT2D eigenvalue weighted by atomic mass is 10.1. The molecule has 0 aliphatic heterocycles. The van der Waals surface area contributed by atoms with Crippen LogP contribution in [0, 0.1) is 5.92 Å². The molecule has 5 nitrogen and oxygen atoms in total. The van der Waals surface area contributed by atoms with Gasteiger partial charge in [-0.25, -0.2) is 4.98 Å². The molecule has 1 aromatic heterocycles. The first-order valence-corrected chi connectivity index (χ1v) is 8.39. The number of ether oxygens (including phenoxy) is 2. The fourth-order valence-electron chi connectivity index (χ4n) is 2.09. The Bertz CT molecular complexity index is 411. The third kappa shape index (κ3) is 8.17. The van der Waals surface area contributed by atoms with E-state index in [2.05, 4.69) is 36.1 Å². The van der Waals surface area contributed by atoms with Crippen LogP contribution in [0.15, 0.2) is 6.07 Å². The van der Waals surface area contributed by atoms with E-state index < -0.39 is 0 Å². The van der Waals surface area contributed by atoms with Gasteiger partial charge in [-0.3, -0.25) is 0 Å². The van der Waals surface area contributed by atoms with E-state index in [9.17, 15) is 0 Å². The van der Waals surface area contributed by atoms with E-state index in [1.54, 1.807) is 7.11 Å². The van der Waals surface area contributed by atoms with Gasteiger partial charge in [0.25, 0.3) is 0 Å². The van der Waals surface area contributed by atoms with Gasteiger partial charge in [0, 0.05) is 26.1 Å². The molecule has 0 aromatic carbocycles. The maximum atomic E-state index is 5.64. The number of nitrogens with one attached hydrogen (secondary N) is 1. The van der Waals surface area contributed by atoms with Crippen molar-refractivity contribution in [3.63, 3.8) is 0 Å². The van der Waals surface area contributed by atoms with Gasteiger partial charge in [0.2, 0.25) is 5.88 Å². The third-order valence-electron chi connectivity index (χ3n) is 3.21. The van der Waals surface area contributed by atoms with Crippen LogP contribution in [0.2, 0.25) is 0 Å². The second-order valence-corrected chi connectivity index (χ2v) is 5.93. The quantitative estimate of drug-likeness (QED) is 0.597. The zero-order valence-electron chi connectivity index (χ0n) is 14.5. The smallest absolute Gasteiger partial charge is 0.218 e. The molecule has 0 aliphatic carbocycles. The number of rotatable bonds is 12. The van der Waals surface area contributed by atoms with E-state index in [1.165, 1.54) is 19.3 Å². The number of methoxy groups -OCH3 is 1. The first-order chi connectivity index (χ1) is 10.7. The minimum atomic E-state index is 0.505. The number of nitrogens with zero attached hydrogens (tertiary/aromatic N) is 2. The van der Waals surface area contributed by atoms with E-state index in [1.807, 2.05) is 6.07 Å². The van der Waals surface area contributed by atoms with Crippen molar-refractivity contribution in [1.29, 1.82) is 0 Å². The standard InChI is InChI=1S/C17H31N3O2/c1-5-6-7-8-9-18-15-13-17(22-11-10-21-4)20-16(19-15)12-14(2)3/h13-14H,5-12H2,1-4H3,(H,18,19,20). The maximum absolute atomic E-state index is 5.64. The van der Waals surface area contributed by atoms with Crippen molar-refractivity contribution in [2.24, 2.45) is 5.92 Å². The minimum Gasteiger partial charge on any atom is -0.475 e. The summed E-state index contributed by atoms with van der Waals surface area (Å²) < 4.78 is 10.6. The Morgan fingerprint density at radius 3 is 2.64 bits per heavy atom. The second kappa shape index (κ2) is 11.2. The molecule has 0 spiro atoms. The lowest BCUT2D eigenvalue weighted by Crippen LogP contribution is -2.11. The summed E-state index contributed by atoms with van der Waals surface area (Å²) in [7, 11) is 1.66. The SMILES string of the molecule is CCCCCCNc1cc(OCCOC)nc(CC(C)C)n1. The molecule has 1 aromatic rings. The highest BCUT2D eigenvalue weighted by atomic mass is 16.5. The molecule has 126 valence electrons. The average molecular weight is 309 g/mol. The Labute approximate surface area is 134 Å². The van der Waals surface area contributed by atoms with E-state index in [0.717, 1.165) is 31.0 Å².